The Balaban J connectivity index is 1.82. The van der Waals surface area contributed by atoms with Gasteiger partial charge in [0.05, 0.1) is 26.0 Å². The molecule has 1 aromatic carbocycles. The first-order valence-electron chi connectivity index (χ1n) is 8.88. The fourth-order valence-corrected chi connectivity index (χ4v) is 5.09. The van der Waals surface area contributed by atoms with Gasteiger partial charge in [-0.1, -0.05) is 24.8 Å². The van der Waals surface area contributed by atoms with E-state index < -0.39 is 0 Å². The Hall–Kier alpha value is -2.21. The van der Waals surface area contributed by atoms with E-state index in [2.05, 4.69) is 28.9 Å². The molecule has 3 atom stereocenters. The van der Waals surface area contributed by atoms with Crippen molar-refractivity contribution in [2.24, 2.45) is 4.99 Å². The van der Waals surface area contributed by atoms with Crippen molar-refractivity contribution in [1.29, 1.82) is 0 Å². The third-order valence-corrected chi connectivity index (χ3v) is 6.21. The SMILES string of the molecule is CC[C@@H]1CSC2=N[C@@H](c3ccccn3)[C@H](c3ccc(OC)cc3OC)N21. The van der Waals surface area contributed by atoms with Gasteiger partial charge >= 0.3 is 0 Å². The molecular formula is C20H23N3O2S. The van der Waals surface area contributed by atoms with Crippen molar-refractivity contribution < 1.29 is 9.47 Å². The summed E-state index contributed by atoms with van der Waals surface area (Å²) in [5.41, 5.74) is 2.12. The molecule has 0 amide bonds. The van der Waals surface area contributed by atoms with E-state index in [4.69, 9.17) is 14.5 Å². The maximum absolute atomic E-state index is 5.72. The van der Waals surface area contributed by atoms with Gasteiger partial charge in [-0.3, -0.25) is 9.98 Å². The van der Waals surface area contributed by atoms with Crippen molar-refractivity contribution in [2.75, 3.05) is 20.0 Å². The number of methoxy groups -OCH3 is 2. The van der Waals surface area contributed by atoms with Crippen LogP contribution < -0.4 is 9.47 Å². The maximum atomic E-state index is 5.72. The predicted octanol–water partition coefficient (Wildman–Crippen LogP) is 4.08. The second-order valence-corrected chi connectivity index (χ2v) is 7.43. The fourth-order valence-electron chi connectivity index (χ4n) is 3.75. The Morgan fingerprint density at radius 3 is 2.77 bits per heavy atom. The summed E-state index contributed by atoms with van der Waals surface area (Å²) in [7, 11) is 3.38. The van der Waals surface area contributed by atoms with E-state index in [-0.39, 0.29) is 12.1 Å². The van der Waals surface area contributed by atoms with Crippen LogP contribution in [0.15, 0.2) is 47.6 Å². The summed E-state index contributed by atoms with van der Waals surface area (Å²) in [5, 5.41) is 1.12. The number of fused-ring (bicyclic) bond motifs is 1. The lowest BCUT2D eigenvalue weighted by Crippen LogP contribution is -2.35. The molecule has 1 fully saturated rings. The standard InChI is InChI=1S/C20H23N3O2S/c1-4-13-12-26-20-22-18(16-7-5-6-10-21-16)19(23(13)20)15-9-8-14(24-2)11-17(15)25-3/h5-11,13,18-19H,4,12H2,1-3H3/t13-,18+,19+/m1/s1. The summed E-state index contributed by atoms with van der Waals surface area (Å²) in [5.74, 6) is 2.71. The number of aromatic nitrogens is 1. The number of pyridine rings is 1. The van der Waals surface area contributed by atoms with E-state index in [1.807, 2.05) is 42.2 Å². The molecule has 0 saturated carbocycles. The third kappa shape index (κ3) is 2.82. The zero-order valence-electron chi connectivity index (χ0n) is 15.3. The van der Waals surface area contributed by atoms with E-state index in [0.717, 1.165) is 40.1 Å². The van der Waals surface area contributed by atoms with Crippen LogP contribution in [0.4, 0.5) is 0 Å². The number of hydrogen-bond acceptors (Lipinski definition) is 6. The maximum Gasteiger partial charge on any atom is 0.160 e. The lowest BCUT2D eigenvalue weighted by molar-refractivity contribution is 0.248. The number of amidine groups is 1. The smallest absolute Gasteiger partial charge is 0.160 e. The minimum Gasteiger partial charge on any atom is -0.497 e. The molecule has 0 N–H and O–H groups in total. The minimum atomic E-state index is -0.0321. The van der Waals surface area contributed by atoms with Crippen LogP contribution in [0.5, 0.6) is 11.5 Å². The molecule has 1 saturated heterocycles. The number of thioether (sulfide) groups is 1. The van der Waals surface area contributed by atoms with Gasteiger partial charge in [-0.2, -0.15) is 0 Å². The lowest BCUT2D eigenvalue weighted by atomic mass is 9.94. The Bertz CT molecular complexity index is 812. The van der Waals surface area contributed by atoms with Crippen LogP contribution in [0, 0.1) is 0 Å². The van der Waals surface area contributed by atoms with E-state index in [1.165, 1.54) is 0 Å². The van der Waals surface area contributed by atoms with E-state index in [9.17, 15) is 0 Å². The van der Waals surface area contributed by atoms with Crippen molar-refractivity contribution in [3.8, 4) is 11.5 Å². The number of hydrogen-bond donors (Lipinski definition) is 0. The molecule has 136 valence electrons. The monoisotopic (exact) mass is 369 g/mol. The van der Waals surface area contributed by atoms with Crippen LogP contribution >= 0.6 is 11.8 Å². The van der Waals surface area contributed by atoms with E-state index in [0.29, 0.717) is 6.04 Å². The minimum absolute atomic E-state index is 0.0321. The zero-order chi connectivity index (χ0) is 18.1. The highest BCUT2D eigenvalue weighted by atomic mass is 32.2. The lowest BCUT2D eigenvalue weighted by Gasteiger charge is -2.32. The first-order valence-corrected chi connectivity index (χ1v) is 9.87. The molecule has 4 rings (SSSR count). The number of nitrogens with zero attached hydrogens (tertiary/aromatic N) is 3. The van der Waals surface area contributed by atoms with E-state index >= 15 is 0 Å². The Kier molecular flexibility index (Phi) is 4.76. The number of benzene rings is 1. The Labute approximate surface area is 158 Å². The molecule has 2 aliphatic heterocycles. The summed E-state index contributed by atoms with van der Waals surface area (Å²) < 4.78 is 11.1. The van der Waals surface area contributed by atoms with Crippen molar-refractivity contribution in [3.63, 3.8) is 0 Å². The van der Waals surface area contributed by atoms with Gasteiger partial charge in [0.2, 0.25) is 0 Å². The predicted molar refractivity (Wildman–Crippen MR) is 105 cm³/mol. The van der Waals surface area contributed by atoms with Gasteiger partial charge in [0.25, 0.3) is 0 Å². The van der Waals surface area contributed by atoms with Crippen molar-refractivity contribution >= 4 is 16.9 Å². The Morgan fingerprint density at radius 2 is 2.08 bits per heavy atom. The van der Waals surface area contributed by atoms with Crippen LogP contribution in [-0.2, 0) is 0 Å². The number of rotatable bonds is 5. The highest BCUT2D eigenvalue weighted by Gasteiger charge is 2.46. The third-order valence-electron chi connectivity index (χ3n) is 5.09. The summed E-state index contributed by atoms with van der Waals surface area (Å²) in [6.07, 6.45) is 2.93. The summed E-state index contributed by atoms with van der Waals surface area (Å²) in [6, 6.07) is 12.6. The summed E-state index contributed by atoms with van der Waals surface area (Å²) >= 11 is 1.85. The molecule has 3 heterocycles. The first kappa shape index (κ1) is 17.2. The molecule has 0 aliphatic carbocycles. The second-order valence-electron chi connectivity index (χ2n) is 6.44. The van der Waals surface area contributed by atoms with Crippen LogP contribution in [0.25, 0.3) is 0 Å². The number of ether oxygens (including phenoxy) is 2. The van der Waals surface area contributed by atoms with Gasteiger partial charge in [-0.25, -0.2) is 0 Å². The van der Waals surface area contributed by atoms with Crippen LogP contribution in [0.2, 0.25) is 0 Å². The fraction of sp³-hybridized carbons (Fsp3) is 0.400. The Morgan fingerprint density at radius 1 is 1.19 bits per heavy atom. The van der Waals surface area contributed by atoms with Gasteiger partial charge < -0.3 is 14.4 Å². The quantitative estimate of drug-likeness (QED) is 0.795. The molecule has 0 bridgehead atoms. The molecule has 2 aromatic rings. The van der Waals surface area contributed by atoms with Gasteiger partial charge in [0.1, 0.15) is 17.5 Å². The molecule has 0 unspecified atom stereocenters. The molecule has 0 spiro atoms. The first-order chi connectivity index (χ1) is 12.8. The van der Waals surface area contributed by atoms with E-state index in [1.54, 1.807) is 14.2 Å². The molecule has 0 radical (unpaired) electrons. The van der Waals surface area contributed by atoms with Gasteiger partial charge in [0, 0.05) is 29.6 Å². The van der Waals surface area contributed by atoms with Crippen LogP contribution in [0.1, 0.15) is 36.7 Å². The molecule has 26 heavy (non-hydrogen) atoms. The van der Waals surface area contributed by atoms with Gasteiger partial charge in [-0.05, 0) is 30.7 Å². The molecule has 2 aliphatic rings. The largest absolute Gasteiger partial charge is 0.497 e. The average Bonchev–Trinajstić information content (AvgIpc) is 3.27. The van der Waals surface area contributed by atoms with Gasteiger partial charge in [0.15, 0.2) is 5.17 Å². The van der Waals surface area contributed by atoms with Gasteiger partial charge in [-0.15, -0.1) is 0 Å². The normalized spacial score (nSPS) is 24.3. The highest BCUT2D eigenvalue weighted by molar-refractivity contribution is 8.14. The molecule has 1 aromatic heterocycles. The summed E-state index contributed by atoms with van der Waals surface area (Å²) in [6.45, 7) is 2.24. The molecule has 5 nitrogen and oxygen atoms in total. The average molecular weight is 369 g/mol. The zero-order valence-corrected chi connectivity index (χ0v) is 16.1. The summed E-state index contributed by atoms with van der Waals surface area (Å²) in [4.78, 5) is 12.1. The van der Waals surface area contributed by atoms with Crippen LogP contribution in [0.3, 0.4) is 0 Å². The van der Waals surface area contributed by atoms with Crippen molar-refractivity contribution in [1.82, 2.24) is 9.88 Å². The molecular weight excluding hydrogens is 346 g/mol. The van der Waals surface area contributed by atoms with Crippen LogP contribution in [-0.4, -0.2) is 41.1 Å². The molecule has 6 heteroatoms. The van der Waals surface area contributed by atoms with Crippen molar-refractivity contribution in [2.45, 2.75) is 31.5 Å². The highest BCUT2D eigenvalue weighted by Crippen LogP contribution is 2.50. The van der Waals surface area contributed by atoms with Crippen molar-refractivity contribution in [3.05, 3.63) is 53.9 Å². The number of aliphatic imine (C=N–C) groups is 1. The second kappa shape index (κ2) is 7.19. The topological polar surface area (TPSA) is 47.0 Å².